The molecule has 0 amide bonds. The molecule has 2 rings (SSSR count). The molecule has 0 aliphatic carbocycles. The molecule has 0 saturated carbocycles. The van der Waals surface area contributed by atoms with Gasteiger partial charge in [0.05, 0.1) is 0 Å². The maximum atomic E-state index is 6.21. The van der Waals surface area contributed by atoms with Crippen LogP contribution in [0.3, 0.4) is 0 Å². The second kappa shape index (κ2) is 8.02. The zero-order valence-corrected chi connectivity index (χ0v) is 14.1. The molecule has 0 atom stereocenters. The molecule has 0 spiro atoms. The quantitative estimate of drug-likeness (QED) is 0.867. The lowest BCUT2D eigenvalue weighted by molar-refractivity contribution is 0.0854. The second-order valence-electron chi connectivity index (χ2n) is 6.25. The Hall–Kier alpha value is -0.770. The minimum Gasteiger partial charge on any atom is -0.381 e. The zero-order chi connectivity index (χ0) is 15.2. The van der Waals surface area contributed by atoms with Gasteiger partial charge in [0.1, 0.15) is 0 Å². The van der Waals surface area contributed by atoms with Gasteiger partial charge in [-0.05, 0) is 43.0 Å². The van der Waals surface area contributed by atoms with Crippen LogP contribution >= 0.6 is 11.6 Å². The number of nitrogens with one attached hydrogen (secondary N) is 1. The van der Waals surface area contributed by atoms with Crippen molar-refractivity contribution in [3.05, 3.63) is 28.8 Å². The third-order valence-corrected chi connectivity index (χ3v) is 4.27. The molecular weight excluding hydrogens is 284 g/mol. The van der Waals surface area contributed by atoms with Gasteiger partial charge in [0.25, 0.3) is 0 Å². The Morgan fingerprint density at radius 1 is 1.33 bits per heavy atom. The van der Waals surface area contributed by atoms with Crippen LogP contribution in [0, 0.1) is 5.92 Å². The van der Waals surface area contributed by atoms with Gasteiger partial charge in [0, 0.05) is 43.6 Å². The summed E-state index contributed by atoms with van der Waals surface area (Å²) in [5.41, 5.74) is 2.56. The van der Waals surface area contributed by atoms with Crippen LogP contribution < -0.4 is 10.2 Å². The first-order chi connectivity index (χ1) is 10.1. The van der Waals surface area contributed by atoms with Crippen LogP contribution in [-0.2, 0) is 11.3 Å². The van der Waals surface area contributed by atoms with E-state index in [1.165, 1.54) is 11.3 Å². The van der Waals surface area contributed by atoms with E-state index in [2.05, 4.69) is 43.2 Å². The number of ether oxygens (including phenoxy) is 1. The molecule has 1 aliphatic heterocycles. The number of hydrogen-bond acceptors (Lipinski definition) is 3. The van der Waals surface area contributed by atoms with Crippen molar-refractivity contribution < 1.29 is 4.74 Å². The number of rotatable bonds is 6. The lowest BCUT2D eigenvalue weighted by Gasteiger charge is -2.34. The van der Waals surface area contributed by atoms with Crippen molar-refractivity contribution in [3.63, 3.8) is 0 Å². The van der Waals surface area contributed by atoms with Crippen molar-refractivity contribution in [3.8, 4) is 0 Å². The van der Waals surface area contributed by atoms with Gasteiger partial charge >= 0.3 is 0 Å². The largest absolute Gasteiger partial charge is 0.381 e. The molecule has 4 heteroatoms. The molecule has 1 aromatic carbocycles. The highest BCUT2D eigenvalue weighted by Gasteiger charge is 2.20. The van der Waals surface area contributed by atoms with Gasteiger partial charge in [-0.2, -0.15) is 0 Å². The van der Waals surface area contributed by atoms with Crippen LogP contribution in [0.5, 0.6) is 0 Å². The number of nitrogens with zero attached hydrogens (tertiary/aromatic N) is 1. The van der Waals surface area contributed by atoms with Gasteiger partial charge < -0.3 is 15.0 Å². The molecule has 1 aromatic rings. The molecule has 1 aliphatic rings. The van der Waals surface area contributed by atoms with Crippen LogP contribution in [0.1, 0.15) is 32.3 Å². The van der Waals surface area contributed by atoms with Crippen LogP contribution in [0.15, 0.2) is 18.2 Å². The third kappa shape index (κ3) is 4.87. The number of halogens is 1. The first kappa shape index (κ1) is 16.6. The summed E-state index contributed by atoms with van der Waals surface area (Å²) in [6.45, 7) is 8.09. The van der Waals surface area contributed by atoms with E-state index in [0.29, 0.717) is 12.0 Å². The van der Waals surface area contributed by atoms with Crippen LogP contribution in [-0.4, -0.2) is 32.8 Å². The van der Waals surface area contributed by atoms with Crippen molar-refractivity contribution in [2.24, 2.45) is 5.92 Å². The average molecular weight is 311 g/mol. The van der Waals surface area contributed by atoms with Crippen molar-refractivity contribution >= 4 is 17.3 Å². The van der Waals surface area contributed by atoms with Gasteiger partial charge in [-0.1, -0.05) is 31.5 Å². The van der Waals surface area contributed by atoms with Crippen LogP contribution in [0.4, 0.5) is 5.69 Å². The van der Waals surface area contributed by atoms with E-state index in [0.717, 1.165) is 44.2 Å². The monoisotopic (exact) mass is 310 g/mol. The minimum absolute atomic E-state index is 0.543. The summed E-state index contributed by atoms with van der Waals surface area (Å²) in [6.07, 6.45) is 2.17. The molecule has 1 saturated heterocycles. The summed E-state index contributed by atoms with van der Waals surface area (Å²) in [5.74, 6) is 0.661. The van der Waals surface area contributed by atoms with E-state index in [1.807, 2.05) is 6.07 Å². The summed E-state index contributed by atoms with van der Waals surface area (Å²) in [4.78, 5) is 2.38. The number of benzene rings is 1. The average Bonchev–Trinajstić information content (AvgIpc) is 2.48. The van der Waals surface area contributed by atoms with E-state index in [-0.39, 0.29) is 0 Å². The Morgan fingerprint density at radius 3 is 2.71 bits per heavy atom. The standard InChI is InChI=1S/C17H27ClN2O/c1-13(2)11-19-12-14-4-5-15(18)10-17(14)20(3)16-6-8-21-9-7-16/h4-5,10,13,16,19H,6-9,11-12H2,1-3H3. The Balaban J connectivity index is 2.09. The Kier molecular flexibility index (Phi) is 6.34. The number of hydrogen-bond donors (Lipinski definition) is 1. The topological polar surface area (TPSA) is 24.5 Å². The predicted molar refractivity (Wildman–Crippen MR) is 90.2 cm³/mol. The molecule has 3 nitrogen and oxygen atoms in total. The normalized spacial score (nSPS) is 16.4. The van der Waals surface area contributed by atoms with Crippen LogP contribution in [0.2, 0.25) is 5.02 Å². The Labute approximate surface area is 133 Å². The molecule has 118 valence electrons. The molecule has 1 heterocycles. The second-order valence-corrected chi connectivity index (χ2v) is 6.69. The first-order valence-corrected chi connectivity index (χ1v) is 8.25. The van der Waals surface area contributed by atoms with Gasteiger partial charge in [-0.3, -0.25) is 0 Å². The third-order valence-electron chi connectivity index (χ3n) is 4.03. The van der Waals surface area contributed by atoms with Crippen molar-refractivity contribution in [1.82, 2.24) is 5.32 Å². The molecule has 0 unspecified atom stereocenters. The molecule has 0 aromatic heterocycles. The molecule has 1 N–H and O–H groups in total. The van der Waals surface area contributed by atoms with E-state index in [1.54, 1.807) is 0 Å². The zero-order valence-electron chi connectivity index (χ0n) is 13.4. The van der Waals surface area contributed by atoms with Crippen LogP contribution in [0.25, 0.3) is 0 Å². The fourth-order valence-corrected chi connectivity index (χ4v) is 2.95. The minimum atomic E-state index is 0.543. The highest BCUT2D eigenvalue weighted by atomic mass is 35.5. The van der Waals surface area contributed by atoms with E-state index < -0.39 is 0 Å². The van der Waals surface area contributed by atoms with Crippen molar-refractivity contribution in [1.29, 1.82) is 0 Å². The highest BCUT2D eigenvalue weighted by Crippen LogP contribution is 2.28. The Bertz CT molecular complexity index is 444. The summed E-state index contributed by atoms with van der Waals surface area (Å²) in [7, 11) is 2.17. The summed E-state index contributed by atoms with van der Waals surface area (Å²) in [5, 5.41) is 4.33. The van der Waals surface area contributed by atoms with E-state index in [9.17, 15) is 0 Å². The highest BCUT2D eigenvalue weighted by molar-refractivity contribution is 6.30. The SMILES string of the molecule is CC(C)CNCc1ccc(Cl)cc1N(C)C1CCOCC1. The maximum absolute atomic E-state index is 6.21. The van der Waals surface area contributed by atoms with Gasteiger partial charge in [-0.15, -0.1) is 0 Å². The summed E-state index contributed by atoms with van der Waals surface area (Å²) < 4.78 is 5.47. The Morgan fingerprint density at radius 2 is 2.05 bits per heavy atom. The smallest absolute Gasteiger partial charge is 0.0485 e. The molecule has 0 bridgehead atoms. The van der Waals surface area contributed by atoms with E-state index >= 15 is 0 Å². The van der Waals surface area contributed by atoms with Gasteiger partial charge in [0.15, 0.2) is 0 Å². The predicted octanol–water partition coefficient (Wildman–Crippen LogP) is 3.70. The number of anilines is 1. The molecule has 21 heavy (non-hydrogen) atoms. The molecule has 0 radical (unpaired) electrons. The van der Waals surface area contributed by atoms with Crippen molar-refractivity contribution in [2.45, 2.75) is 39.3 Å². The maximum Gasteiger partial charge on any atom is 0.0485 e. The van der Waals surface area contributed by atoms with Gasteiger partial charge in [-0.25, -0.2) is 0 Å². The lowest BCUT2D eigenvalue weighted by atomic mass is 10.0. The molecular formula is C17H27ClN2O. The van der Waals surface area contributed by atoms with Crippen molar-refractivity contribution in [2.75, 3.05) is 31.7 Å². The fourth-order valence-electron chi connectivity index (χ4n) is 2.78. The van der Waals surface area contributed by atoms with E-state index in [4.69, 9.17) is 16.3 Å². The van der Waals surface area contributed by atoms with Gasteiger partial charge in [0.2, 0.25) is 0 Å². The summed E-state index contributed by atoms with van der Waals surface area (Å²) >= 11 is 6.21. The summed E-state index contributed by atoms with van der Waals surface area (Å²) in [6, 6.07) is 6.75. The molecule has 1 fully saturated rings. The fraction of sp³-hybridized carbons (Fsp3) is 0.647. The first-order valence-electron chi connectivity index (χ1n) is 7.87. The lowest BCUT2D eigenvalue weighted by Crippen LogP contribution is -2.37.